The van der Waals surface area contributed by atoms with Crippen molar-refractivity contribution in [3.63, 3.8) is 0 Å². The fourth-order valence-electron chi connectivity index (χ4n) is 1.91. The average molecular weight is 397 g/mol. The molecule has 1 aromatic heterocycles. The van der Waals surface area contributed by atoms with E-state index in [9.17, 15) is 19.5 Å². The Kier molecular flexibility index (Phi) is 5.29. The van der Waals surface area contributed by atoms with Crippen molar-refractivity contribution in [3.8, 4) is 11.6 Å². The second-order valence-corrected chi connectivity index (χ2v) is 5.73. The molecule has 0 radical (unpaired) electrons. The van der Waals surface area contributed by atoms with Crippen LogP contribution in [-0.2, 0) is 4.79 Å². The number of ether oxygens (including phenoxy) is 1. The molecule has 1 amide bonds. The molecule has 0 spiro atoms. The lowest BCUT2D eigenvalue weighted by atomic mass is 10.1. The van der Waals surface area contributed by atoms with Crippen molar-refractivity contribution >= 4 is 27.5 Å². The number of hydrogen-bond donors (Lipinski definition) is 3. The van der Waals surface area contributed by atoms with Crippen LogP contribution in [0.5, 0.6) is 11.6 Å². The van der Waals surface area contributed by atoms with Crippen LogP contribution in [-0.4, -0.2) is 27.6 Å². The van der Waals surface area contributed by atoms with Gasteiger partial charge in [0.2, 0.25) is 11.6 Å². The molecule has 3 N–H and O–H groups in total. The first kappa shape index (κ1) is 17.6. The lowest BCUT2D eigenvalue weighted by molar-refractivity contribution is -0.120. The largest absolute Gasteiger partial charge is 0.493 e. The van der Waals surface area contributed by atoms with E-state index in [0.717, 1.165) is 11.1 Å². The summed E-state index contributed by atoms with van der Waals surface area (Å²) in [5, 5.41) is 16.0. The molecular formula is C14H13BrN4O5. The van der Waals surface area contributed by atoms with Crippen LogP contribution in [0.2, 0.25) is 0 Å². The Bertz CT molecular complexity index is 908. The minimum absolute atomic E-state index is 0.409. The SMILES string of the molecule is Cc1cc(C)c(OCC(=O)N=Nc2c(O)[nH]c(=O)[nH]c2=O)c(Br)c1. The number of H-pyrrole nitrogens is 2. The van der Waals surface area contributed by atoms with E-state index in [-0.39, 0.29) is 0 Å². The van der Waals surface area contributed by atoms with Gasteiger partial charge in [0, 0.05) is 0 Å². The summed E-state index contributed by atoms with van der Waals surface area (Å²) < 4.78 is 6.09. The molecule has 1 heterocycles. The number of carbonyl (C=O) groups excluding carboxylic acids is 1. The van der Waals surface area contributed by atoms with Gasteiger partial charge in [-0.1, -0.05) is 6.07 Å². The number of aromatic nitrogens is 2. The molecule has 0 bridgehead atoms. The number of nitrogens with zero attached hydrogens (tertiary/aromatic N) is 2. The van der Waals surface area contributed by atoms with Crippen molar-refractivity contribution < 1.29 is 14.6 Å². The Labute approximate surface area is 143 Å². The van der Waals surface area contributed by atoms with Gasteiger partial charge < -0.3 is 9.84 Å². The smallest absolute Gasteiger partial charge is 0.328 e. The normalized spacial score (nSPS) is 11.0. The van der Waals surface area contributed by atoms with E-state index in [1.807, 2.05) is 35.9 Å². The van der Waals surface area contributed by atoms with Gasteiger partial charge in [-0.05, 0) is 47.0 Å². The Morgan fingerprint density at radius 1 is 1.29 bits per heavy atom. The number of azo groups is 1. The number of rotatable bonds is 4. The lowest BCUT2D eigenvalue weighted by Gasteiger charge is -2.10. The van der Waals surface area contributed by atoms with E-state index >= 15 is 0 Å². The maximum absolute atomic E-state index is 11.7. The molecule has 0 aliphatic carbocycles. The van der Waals surface area contributed by atoms with Crippen molar-refractivity contribution in [1.29, 1.82) is 0 Å². The molecule has 126 valence electrons. The molecule has 0 saturated carbocycles. The summed E-state index contributed by atoms with van der Waals surface area (Å²) >= 11 is 3.35. The molecule has 0 unspecified atom stereocenters. The second-order valence-electron chi connectivity index (χ2n) is 4.88. The molecule has 9 nitrogen and oxygen atoms in total. The molecular weight excluding hydrogens is 384 g/mol. The molecule has 2 aromatic rings. The fourth-order valence-corrected chi connectivity index (χ4v) is 2.70. The van der Waals surface area contributed by atoms with Crippen molar-refractivity contribution in [2.24, 2.45) is 10.2 Å². The number of halogens is 1. The fraction of sp³-hybridized carbons (Fsp3) is 0.214. The number of amides is 1. The first-order valence-corrected chi connectivity index (χ1v) is 7.47. The lowest BCUT2D eigenvalue weighted by Crippen LogP contribution is -2.21. The van der Waals surface area contributed by atoms with Gasteiger partial charge in [-0.3, -0.25) is 19.6 Å². The van der Waals surface area contributed by atoms with E-state index in [0.29, 0.717) is 10.2 Å². The zero-order chi connectivity index (χ0) is 17.9. The van der Waals surface area contributed by atoms with Crippen molar-refractivity contribution in [3.05, 3.63) is 48.6 Å². The highest BCUT2D eigenvalue weighted by atomic mass is 79.9. The molecule has 24 heavy (non-hydrogen) atoms. The molecule has 10 heteroatoms. The standard InChI is InChI=1S/C14H13BrN4O5/c1-6-3-7(2)11(8(15)4-6)24-5-9(20)18-19-10-12(21)16-14(23)17-13(10)22/h3-4H,5H2,1-2H3,(H3,16,17,21,22,23). The molecule has 0 aliphatic rings. The van der Waals surface area contributed by atoms with Crippen LogP contribution in [0.4, 0.5) is 5.69 Å². The van der Waals surface area contributed by atoms with Gasteiger partial charge >= 0.3 is 11.6 Å². The molecule has 0 atom stereocenters. The van der Waals surface area contributed by atoms with Gasteiger partial charge in [-0.2, -0.15) is 0 Å². The van der Waals surface area contributed by atoms with Crippen LogP contribution in [0.3, 0.4) is 0 Å². The molecule has 0 aliphatic heterocycles. The number of benzene rings is 1. The van der Waals surface area contributed by atoms with E-state index in [2.05, 4.69) is 26.2 Å². The summed E-state index contributed by atoms with van der Waals surface area (Å²) in [6.45, 7) is 3.35. The quantitative estimate of drug-likeness (QED) is 0.676. The van der Waals surface area contributed by atoms with Crippen LogP contribution in [0.1, 0.15) is 11.1 Å². The minimum Gasteiger partial charge on any atom is -0.493 e. The second kappa shape index (κ2) is 7.21. The first-order valence-electron chi connectivity index (χ1n) is 6.67. The Morgan fingerprint density at radius 3 is 2.62 bits per heavy atom. The number of nitrogens with one attached hydrogen (secondary N) is 2. The van der Waals surface area contributed by atoms with Crippen LogP contribution in [0, 0.1) is 13.8 Å². The monoisotopic (exact) mass is 396 g/mol. The van der Waals surface area contributed by atoms with Gasteiger partial charge in [0.1, 0.15) is 5.75 Å². The summed E-state index contributed by atoms with van der Waals surface area (Å²) in [6, 6.07) is 3.73. The van der Waals surface area contributed by atoms with Gasteiger partial charge in [-0.15, -0.1) is 10.2 Å². The highest BCUT2D eigenvalue weighted by Gasteiger charge is 2.11. The number of aryl methyl sites for hydroxylation is 2. The predicted octanol–water partition coefficient (Wildman–Crippen LogP) is 1.84. The topological polar surface area (TPSA) is 137 Å². The predicted molar refractivity (Wildman–Crippen MR) is 88.0 cm³/mol. The number of carbonyl (C=O) groups is 1. The van der Waals surface area contributed by atoms with Crippen LogP contribution < -0.4 is 16.0 Å². The number of aromatic hydroxyl groups is 1. The Hall–Kier alpha value is -2.75. The third-order valence-corrected chi connectivity index (χ3v) is 3.46. The summed E-state index contributed by atoms with van der Waals surface area (Å²) in [5.41, 5.74) is -0.570. The Balaban J connectivity index is 2.10. The van der Waals surface area contributed by atoms with E-state index in [1.54, 1.807) is 0 Å². The molecule has 0 saturated heterocycles. The summed E-state index contributed by atoms with van der Waals surface area (Å²) in [7, 11) is 0. The van der Waals surface area contributed by atoms with Gasteiger partial charge in [-0.25, -0.2) is 4.79 Å². The van der Waals surface area contributed by atoms with Gasteiger partial charge in [0.05, 0.1) is 4.47 Å². The van der Waals surface area contributed by atoms with Crippen molar-refractivity contribution in [1.82, 2.24) is 9.97 Å². The Morgan fingerprint density at radius 2 is 2.00 bits per heavy atom. The highest BCUT2D eigenvalue weighted by Crippen LogP contribution is 2.30. The summed E-state index contributed by atoms with van der Waals surface area (Å²) in [4.78, 5) is 37.8. The van der Waals surface area contributed by atoms with Crippen molar-refractivity contribution in [2.75, 3.05) is 6.61 Å². The maximum atomic E-state index is 11.7. The van der Waals surface area contributed by atoms with E-state index < -0.39 is 35.3 Å². The molecule has 0 fully saturated rings. The van der Waals surface area contributed by atoms with E-state index in [1.165, 1.54) is 0 Å². The highest BCUT2D eigenvalue weighted by molar-refractivity contribution is 9.10. The van der Waals surface area contributed by atoms with Gasteiger partial charge in [0.25, 0.3) is 5.56 Å². The van der Waals surface area contributed by atoms with E-state index in [4.69, 9.17) is 4.74 Å². The number of hydrogen-bond acceptors (Lipinski definition) is 6. The maximum Gasteiger partial charge on any atom is 0.328 e. The number of aromatic amines is 2. The average Bonchev–Trinajstić information content (AvgIpc) is 2.44. The summed E-state index contributed by atoms with van der Waals surface area (Å²) in [5.74, 6) is -1.06. The summed E-state index contributed by atoms with van der Waals surface area (Å²) in [6.07, 6.45) is 0. The van der Waals surface area contributed by atoms with Crippen molar-refractivity contribution in [2.45, 2.75) is 13.8 Å². The molecule has 1 aromatic carbocycles. The van der Waals surface area contributed by atoms with Gasteiger partial charge in [0.15, 0.2) is 6.61 Å². The first-order chi connectivity index (χ1) is 11.3. The molecule has 2 rings (SSSR count). The minimum atomic E-state index is -0.967. The third-order valence-electron chi connectivity index (χ3n) is 2.87. The van der Waals surface area contributed by atoms with Crippen LogP contribution in [0.25, 0.3) is 0 Å². The van der Waals surface area contributed by atoms with Crippen LogP contribution in [0.15, 0.2) is 36.4 Å². The zero-order valence-electron chi connectivity index (χ0n) is 12.7. The zero-order valence-corrected chi connectivity index (χ0v) is 14.3. The van der Waals surface area contributed by atoms with Crippen LogP contribution >= 0.6 is 15.9 Å². The third kappa shape index (κ3) is 4.16.